The third kappa shape index (κ3) is 6.03. The van der Waals surface area contributed by atoms with Gasteiger partial charge in [-0.3, -0.25) is 4.79 Å². The molecular formula is C13H26N2O2. The number of carbonyl (C=O) groups excluding carboxylic acids is 1. The van der Waals surface area contributed by atoms with Crippen LogP contribution in [0.1, 0.15) is 45.4 Å². The minimum absolute atomic E-state index is 0.00592. The normalized spacial score (nSPS) is 18.8. The second-order valence-corrected chi connectivity index (χ2v) is 5.03. The average Bonchev–Trinajstić information content (AvgIpc) is 3.12. The van der Waals surface area contributed by atoms with Crippen molar-refractivity contribution < 1.29 is 9.53 Å². The molecule has 1 aliphatic rings. The highest BCUT2D eigenvalue weighted by atomic mass is 16.5. The molecule has 1 saturated carbocycles. The maximum Gasteiger partial charge on any atom is 0.237 e. The lowest BCUT2D eigenvalue weighted by Crippen LogP contribution is -2.45. The molecule has 1 amide bonds. The molecule has 100 valence electrons. The van der Waals surface area contributed by atoms with Gasteiger partial charge in [-0.1, -0.05) is 19.8 Å². The second-order valence-electron chi connectivity index (χ2n) is 5.03. The van der Waals surface area contributed by atoms with Crippen molar-refractivity contribution in [1.82, 2.24) is 5.32 Å². The van der Waals surface area contributed by atoms with Crippen LogP contribution in [0.25, 0.3) is 0 Å². The topological polar surface area (TPSA) is 64.4 Å². The van der Waals surface area contributed by atoms with Gasteiger partial charge in [0.1, 0.15) is 0 Å². The molecule has 1 rings (SSSR count). The summed E-state index contributed by atoms with van der Waals surface area (Å²) in [6.07, 6.45) is 6.29. The number of ether oxygens (including phenoxy) is 1. The molecule has 3 N–H and O–H groups in total. The van der Waals surface area contributed by atoms with Crippen molar-refractivity contribution in [3.8, 4) is 0 Å². The average molecular weight is 242 g/mol. The van der Waals surface area contributed by atoms with Crippen LogP contribution in [-0.4, -0.2) is 31.7 Å². The molecule has 0 bridgehead atoms. The number of amides is 1. The number of hydrogen-bond acceptors (Lipinski definition) is 3. The van der Waals surface area contributed by atoms with Crippen molar-refractivity contribution in [2.24, 2.45) is 11.7 Å². The molecule has 0 aromatic heterocycles. The Balaban J connectivity index is 2.19. The zero-order chi connectivity index (χ0) is 12.7. The lowest BCUT2D eigenvalue weighted by Gasteiger charge is -2.19. The van der Waals surface area contributed by atoms with Crippen LogP contribution in [0, 0.1) is 5.92 Å². The first kappa shape index (κ1) is 14.5. The molecule has 0 aromatic rings. The molecule has 0 radical (unpaired) electrons. The van der Waals surface area contributed by atoms with E-state index in [9.17, 15) is 4.79 Å². The predicted octanol–water partition coefficient (Wildman–Crippen LogP) is 1.44. The number of nitrogens with two attached hydrogens (primary N) is 1. The zero-order valence-corrected chi connectivity index (χ0v) is 11.1. The summed E-state index contributed by atoms with van der Waals surface area (Å²) in [7, 11) is 1.66. The summed E-state index contributed by atoms with van der Waals surface area (Å²) in [6, 6.07) is -0.0816. The Bertz CT molecular complexity index is 229. The number of nitrogens with one attached hydrogen (secondary N) is 1. The maximum absolute atomic E-state index is 11.8. The van der Waals surface area contributed by atoms with Crippen molar-refractivity contribution in [2.45, 2.75) is 57.5 Å². The van der Waals surface area contributed by atoms with Crippen LogP contribution in [0.4, 0.5) is 0 Å². The van der Waals surface area contributed by atoms with Crippen LogP contribution in [0.2, 0.25) is 0 Å². The Morgan fingerprint density at radius 1 is 1.53 bits per heavy atom. The Kier molecular flexibility index (Phi) is 6.52. The van der Waals surface area contributed by atoms with Gasteiger partial charge in [-0.05, 0) is 31.6 Å². The molecular weight excluding hydrogens is 216 g/mol. The Hall–Kier alpha value is -0.610. The molecule has 1 fully saturated rings. The summed E-state index contributed by atoms with van der Waals surface area (Å²) in [6.45, 7) is 2.78. The fourth-order valence-electron chi connectivity index (χ4n) is 1.97. The van der Waals surface area contributed by atoms with Gasteiger partial charge in [0.2, 0.25) is 5.91 Å². The molecule has 0 heterocycles. The minimum Gasteiger partial charge on any atom is -0.385 e. The third-order valence-corrected chi connectivity index (χ3v) is 3.35. The maximum atomic E-state index is 11.8. The summed E-state index contributed by atoms with van der Waals surface area (Å²) in [4.78, 5) is 11.8. The van der Waals surface area contributed by atoms with E-state index >= 15 is 0 Å². The fourth-order valence-corrected chi connectivity index (χ4v) is 1.97. The van der Waals surface area contributed by atoms with Gasteiger partial charge in [0.05, 0.1) is 6.04 Å². The summed E-state index contributed by atoms with van der Waals surface area (Å²) in [5.74, 6) is 0.832. The third-order valence-electron chi connectivity index (χ3n) is 3.35. The van der Waals surface area contributed by atoms with Gasteiger partial charge < -0.3 is 15.8 Å². The Morgan fingerprint density at radius 3 is 2.76 bits per heavy atom. The van der Waals surface area contributed by atoms with Crippen LogP contribution < -0.4 is 11.1 Å². The van der Waals surface area contributed by atoms with E-state index in [1.54, 1.807) is 7.11 Å². The summed E-state index contributed by atoms with van der Waals surface area (Å²) in [5, 5.41) is 3.06. The van der Waals surface area contributed by atoms with E-state index in [0.717, 1.165) is 25.2 Å². The van der Waals surface area contributed by atoms with Crippen LogP contribution in [0.15, 0.2) is 0 Å². The first-order valence-electron chi connectivity index (χ1n) is 6.72. The number of methoxy groups -OCH3 is 1. The van der Waals surface area contributed by atoms with Gasteiger partial charge in [0, 0.05) is 19.8 Å². The Labute approximate surface area is 104 Å². The quantitative estimate of drug-likeness (QED) is 0.601. The van der Waals surface area contributed by atoms with E-state index < -0.39 is 6.04 Å². The Morgan fingerprint density at radius 2 is 2.24 bits per heavy atom. The predicted molar refractivity (Wildman–Crippen MR) is 68.6 cm³/mol. The van der Waals surface area contributed by atoms with Gasteiger partial charge in [-0.15, -0.1) is 0 Å². The second kappa shape index (κ2) is 7.67. The first-order chi connectivity index (χ1) is 8.17. The molecule has 4 nitrogen and oxygen atoms in total. The standard InChI is InChI=1S/C13H26N2O2/c1-3-11(9-10-6-7-10)15-13(16)12(14)5-4-8-17-2/h10-12H,3-9,14H2,1-2H3,(H,15,16). The molecule has 17 heavy (non-hydrogen) atoms. The van der Waals surface area contributed by atoms with Crippen LogP contribution >= 0.6 is 0 Å². The van der Waals surface area contributed by atoms with E-state index in [1.807, 2.05) is 0 Å². The van der Waals surface area contributed by atoms with Gasteiger partial charge in [-0.25, -0.2) is 0 Å². The number of hydrogen-bond donors (Lipinski definition) is 2. The molecule has 0 saturated heterocycles. The molecule has 2 atom stereocenters. The zero-order valence-electron chi connectivity index (χ0n) is 11.1. The lowest BCUT2D eigenvalue weighted by atomic mass is 10.1. The highest BCUT2D eigenvalue weighted by molar-refractivity contribution is 5.81. The molecule has 2 unspecified atom stereocenters. The van der Waals surface area contributed by atoms with E-state index in [0.29, 0.717) is 19.1 Å². The van der Waals surface area contributed by atoms with Gasteiger partial charge >= 0.3 is 0 Å². The van der Waals surface area contributed by atoms with Crippen LogP contribution in [0.5, 0.6) is 0 Å². The van der Waals surface area contributed by atoms with Crippen molar-refractivity contribution in [2.75, 3.05) is 13.7 Å². The largest absolute Gasteiger partial charge is 0.385 e. The van der Waals surface area contributed by atoms with Crippen molar-refractivity contribution in [3.05, 3.63) is 0 Å². The van der Waals surface area contributed by atoms with Crippen molar-refractivity contribution in [3.63, 3.8) is 0 Å². The first-order valence-corrected chi connectivity index (χ1v) is 6.72. The van der Waals surface area contributed by atoms with Crippen LogP contribution in [-0.2, 0) is 9.53 Å². The van der Waals surface area contributed by atoms with Crippen LogP contribution in [0.3, 0.4) is 0 Å². The summed E-state index contributed by atoms with van der Waals surface area (Å²) in [5.41, 5.74) is 5.84. The molecule has 0 aromatic carbocycles. The highest BCUT2D eigenvalue weighted by Gasteiger charge is 2.26. The minimum atomic E-state index is -0.390. The number of carbonyl (C=O) groups is 1. The van der Waals surface area contributed by atoms with E-state index in [-0.39, 0.29) is 5.91 Å². The summed E-state index contributed by atoms with van der Waals surface area (Å²) < 4.78 is 4.95. The van der Waals surface area contributed by atoms with E-state index in [2.05, 4.69) is 12.2 Å². The fraction of sp³-hybridized carbons (Fsp3) is 0.923. The molecule has 0 aliphatic heterocycles. The van der Waals surface area contributed by atoms with Gasteiger partial charge in [-0.2, -0.15) is 0 Å². The SMILES string of the molecule is CCC(CC1CC1)NC(=O)C(N)CCCOC. The number of rotatable bonds is 9. The van der Waals surface area contributed by atoms with Crippen molar-refractivity contribution >= 4 is 5.91 Å². The molecule has 0 spiro atoms. The lowest BCUT2D eigenvalue weighted by molar-refractivity contribution is -0.123. The molecule has 4 heteroatoms. The van der Waals surface area contributed by atoms with Gasteiger partial charge in [0.15, 0.2) is 0 Å². The molecule has 1 aliphatic carbocycles. The van der Waals surface area contributed by atoms with E-state index in [1.165, 1.54) is 12.8 Å². The summed E-state index contributed by atoms with van der Waals surface area (Å²) >= 11 is 0. The van der Waals surface area contributed by atoms with Gasteiger partial charge in [0.25, 0.3) is 0 Å². The monoisotopic (exact) mass is 242 g/mol. The van der Waals surface area contributed by atoms with E-state index in [4.69, 9.17) is 10.5 Å². The highest BCUT2D eigenvalue weighted by Crippen LogP contribution is 2.34. The van der Waals surface area contributed by atoms with Crippen molar-refractivity contribution in [1.29, 1.82) is 0 Å². The smallest absolute Gasteiger partial charge is 0.237 e.